The number of anilines is 1. The van der Waals surface area contributed by atoms with Crippen molar-refractivity contribution in [2.24, 2.45) is 0 Å². The van der Waals surface area contributed by atoms with Crippen molar-refractivity contribution in [2.45, 2.75) is 16.6 Å². The smallest absolute Gasteiger partial charge is 0.260 e. The molecular formula is C20H14FN5O2S3. The number of thiophene rings is 1. The van der Waals surface area contributed by atoms with E-state index in [2.05, 4.69) is 25.5 Å². The van der Waals surface area contributed by atoms with E-state index in [1.54, 1.807) is 18.4 Å². The SMILES string of the molecule is O=c1[nH]c(CSc2nnc(NCc3ccco3)s2)nc2scc(-c3ccc(F)cc3)c12. The van der Waals surface area contributed by atoms with E-state index in [4.69, 9.17) is 4.42 Å². The summed E-state index contributed by atoms with van der Waals surface area (Å²) in [5, 5.41) is 14.5. The minimum absolute atomic E-state index is 0.209. The molecule has 156 valence electrons. The fourth-order valence-electron chi connectivity index (χ4n) is 2.95. The van der Waals surface area contributed by atoms with Crippen molar-refractivity contribution in [1.82, 2.24) is 20.2 Å². The van der Waals surface area contributed by atoms with Crippen LogP contribution in [0.1, 0.15) is 11.6 Å². The number of fused-ring (bicyclic) bond motifs is 1. The Morgan fingerprint density at radius 3 is 2.87 bits per heavy atom. The van der Waals surface area contributed by atoms with Crippen LogP contribution in [0.3, 0.4) is 0 Å². The number of benzene rings is 1. The summed E-state index contributed by atoms with van der Waals surface area (Å²) in [6.07, 6.45) is 1.62. The molecule has 4 heterocycles. The lowest BCUT2D eigenvalue weighted by Gasteiger charge is -2.01. The second-order valence-corrected chi connectivity index (χ2v) is 9.50. The van der Waals surface area contributed by atoms with Crippen LogP contribution in [0.4, 0.5) is 9.52 Å². The van der Waals surface area contributed by atoms with Crippen LogP contribution in [0.25, 0.3) is 21.3 Å². The van der Waals surface area contributed by atoms with E-state index in [0.717, 1.165) is 21.2 Å². The Balaban J connectivity index is 1.29. The highest BCUT2D eigenvalue weighted by molar-refractivity contribution is 8.00. The van der Waals surface area contributed by atoms with Crippen molar-refractivity contribution >= 4 is 49.8 Å². The largest absolute Gasteiger partial charge is 0.467 e. The Labute approximate surface area is 187 Å². The number of nitrogens with zero attached hydrogens (tertiary/aromatic N) is 3. The van der Waals surface area contributed by atoms with E-state index in [0.29, 0.717) is 33.5 Å². The fourth-order valence-corrected chi connectivity index (χ4v) is 5.53. The average molecular weight is 472 g/mol. The molecule has 7 nitrogen and oxygen atoms in total. The number of thioether (sulfide) groups is 1. The van der Waals surface area contributed by atoms with Crippen LogP contribution < -0.4 is 10.9 Å². The number of H-pyrrole nitrogens is 1. The molecule has 0 saturated heterocycles. The first kappa shape index (κ1) is 19.9. The monoisotopic (exact) mass is 471 g/mol. The average Bonchev–Trinajstić information content (AvgIpc) is 3.52. The highest BCUT2D eigenvalue weighted by atomic mass is 32.2. The van der Waals surface area contributed by atoms with E-state index in [1.165, 1.54) is 46.6 Å². The van der Waals surface area contributed by atoms with Crippen molar-refractivity contribution in [3.8, 4) is 11.1 Å². The van der Waals surface area contributed by atoms with E-state index in [9.17, 15) is 9.18 Å². The molecule has 2 N–H and O–H groups in total. The predicted molar refractivity (Wildman–Crippen MR) is 121 cm³/mol. The van der Waals surface area contributed by atoms with Gasteiger partial charge in [0.15, 0.2) is 4.34 Å². The van der Waals surface area contributed by atoms with Crippen LogP contribution in [0, 0.1) is 5.82 Å². The Kier molecular flexibility index (Phi) is 5.53. The summed E-state index contributed by atoms with van der Waals surface area (Å²) in [4.78, 5) is 20.8. The Hall–Kier alpha value is -3.02. The van der Waals surface area contributed by atoms with E-state index < -0.39 is 0 Å². The number of halogens is 1. The highest BCUT2D eigenvalue weighted by Gasteiger charge is 2.14. The summed E-state index contributed by atoms with van der Waals surface area (Å²) in [5.41, 5.74) is 1.33. The van der Waals surface area contributed by atoms with Gasteiger partial charge in [-0.15, -0.1) is 21.5 Å². The molecule has 0 spiro atoms. The first-order valence-corrected chi connectivity index (χ1v) is 11.8. The van der Waals surface area contributed by atoms with E-state index in [-0.39, 0.29) is 11.4 Å². The molecule has 0 saturated carbocycles. The molecule has 0 radical (unpaired) electrons. The number of hydrogen-bond donors (Lipinski definition) is 2. The van der Waals surface area contributed by atoms with Gasteiger partial charge in [0.1, 0.15) is 22.2 Å². The van der Waals surface area contributed by atoms with Crippen molar-refractivity contribution in [1.29, 1.82) is 0 Å². The lowest BCUT2D eigenvalue weighted by atomic mass is 10.1. The van der Waals surface area contributed by atoms with Gasteiger partial charge in [-0.25, -0.2) is 9.37 Å². The summed E-state index contributed by atoms with van der Waals surface area (Å²) < 4.78 is 19.3. The zero-order valence-corrected chi connectivity index (χ0v) is 18.2. The molecule has 5 rings (SSSR count). The standard InChI is InChI=1S/C20H14FN5O2S3/c21-12-5-3-11(4-6-12)14-9-29-18-16(14)17(27)23-15(24-18)10-30-20-26-25-19(31-20)22-8-13-2-1-7-28-13/h1-7,9H,8,10H2,(H,22,25)(H,23,24,27). The summed E-state index contributed by atoms with van der Waals surface area (Å²) in [7, 11) is 0. The van der Waals surface area contributed by atoms with Crippen LogP contribution in [-0.4, -0.2) is 20.2 Å². The number of nitrogens with one attached hydrogen (secondary N) is 2. The van der Waals surface area contributed by atoms with Crippen LogP contribution in [0.5, 0.6) is 0 Å². The van der Waals surface area contributed by atoms with Crippen molar-refractivity contribution in [3.05, 3.63) is 75.8 Å². The summed E-state index contributed by atoms with van der Waals surface area (Å²) in [6, 6.07) is 9.80. The van der Waals surface area contributed by atoms with E-state index in [1.807, 2.05) is 17.5 Å². The zero-order chi connectivity index (χ0) is 21.2. The lowest BCUT2D eigenvalue weighted by Crippen LogP contribution is -2.10. The van der Waals surface area contributed by atoms with Gasteiger partial charge >= 0.3 is 0 Å². The van der Waals surface area contributed by atoms with Gasteiger partial charge in [0.25, 0.3) is 5.56 Å². The van der Waals surface area contributed by atoms with Gasteiger partial charge in [-0.1, -0.05) is 35.2 Å². The first-order valence-electron chi connectivity index (χ1n) is 9.14. The highest BCUT2D eigenvalue weighted by Crippen LogP contribution is 2.32. The maximum absolute atomic E-state index is 13.2. The molecule has 31 heavy (non-hydrogen) atoms. The number of aromatic nitrogens is 4. The maximum Gasteiger partial charge on any atom is 0.260 e. The first-order chi connectivity index (χ1) is 15.2. The van der Waals surface area contributed by atoms with Crippen molar-refractivity contribution in [2.75, 3.05) is 5.32 Å². The summed E-state index contributed by atoms with van der Waals surface area (Å²) >= 11 is 4.27. The number of furan rings is 1. The third-order valence-corrected chi connectivity index (χ3v) is 7.28. The van der Waals surface area contributed by atoms with Crippen LogP contribution in [0.15, 0.2) is 61.6 Å². The second-order valence-electron chi connectivity index (χ2n) is 6.44. The fraction of sp³-hybridized carbons (Fsp3) is 0.100. The maximum atomic E-state index is 13.2. The second kappa shape index (κ2) is 8.61. The summed E-state index contributed by atoms with van der Waals surface area (Å²) in [5.74, 6) is 1.53. The predicted octanol–water partition coefficient (Wildman–Crippen LogP) is 5.14. The Bertz CT molecular complexity index is 1380. The summed E-state index contributed by atoms with van der Waals surface area (Å²) in [6.45, 7) is 0.534. The molecular weight excluding hydrogens is 457 g/mol. The Morgan fingerprint density at radius 2 is 2.06 bits per heavy atom. The van der Waals surface area contributed by atoms with E-state index >= 15 is 0 Å². The molecule has 0 aliphatic rings. The van der Waals surface area contributed by atoms with Crippen molar-refractivity contribution in [3.63, 3.8) is 0 Å². The molecule has 0 amide bonds. The lowest BCUT2D eigenvalue weighted by molar-refractivity contribution is 0.518. The van der Waals surface area contributed by atoms with Gasteiger partial charge in [0.05, 0.1) is 23.9 Å². The topological polar surface area (TPSA) is 96.7 Å². The van der Waals surface area contributed by atoms with Crippen LogP contribution >= 0.6 is 34.4 Å². The zero-order valence-electron chi connectivity index (χ0n) is 15.8. The van der Waals surface area contributed by atoms with Crippen LogP contribution in [0.2, 0.25) is 0 Å². The van der Waals surface area contributed by atoms with Crippen LogP contribution in [-0.2, 0) is 12.3 Å². The quantitative estimate of drug-likeness (QED) is 0.317. The molecule has 0 aliphatic heterocycles. The van der Waals surface area contributed by atoms with Gasteiger partial charge in [0.2, 0.25) is 5.13 Å². The van der Waals surface area contributed by atoms with Gasteiger partial charge < -0.3 is 14.7 Å². The number of hydrogen-bond acceptors (Lipinski definition) is 9. The van der Waals surface area contributed by atoms with Gasteiger partial charge in [-0.2, -0.15) is 0 Å². The molecule has 0 bridgehead atoms. The normalized spacial score (nSPS) is 11.3. The molecule has 5 aromatic rings. The minimum atomic E-state index is -0.314. The molecule has 1 aromatic carbocycles. The van der Waals surface area contributed by atoms with Gasteiger partial charge in [-0.05, 0) is 29.8 Å². The molecule has 4 aromatic heterocycles. The third kappa shape index (κ3) is 4.38. The molecule has 0 aliphatic carbocycles. The number of aromatic amines is 1. The van der Waals surface area contributed by atoms with Gasteiger partial charge in [-0.3, -0.25) is 4.79 Å². The molecule has 0 unspecified atom stereocenters. The molecule has 0 fully saturated rings. The molecule has 0 atom stereocenters. The molecule has 11 heteroatoms. The third-order valence-electron chi connectivity index (χ3n) is 4.38. The minimum Gasteiger partial charge on any atom is -0.467 e. The van der Waals surface area contributed by atoms with Crippen molar-refractivity contribution < 1.29 is 8.81 Å². The number of rotatable bonds is 7. The van der Waals surface area contributed by atoms with Gasteiger partial charge in [0, 0.05) is 10.9 Å². The Morgan fingerprint density at radius 1 is 1.19 bits per heavy atom.